The molecule has 3 atom stereocenters. The van der Waals surface area contributed by atoms with Gasteiger partial charge in [0, 0.05) is 29.6 Å². The summed E-state index contributed by atoms with van der Waals surface area (Å²) in [6, 6.07) is 0. The first-order valence-electron chi connectivity index (χ1n) is 9.47. The van der Waals surface area contributed by atoms with Crippen LogP contribution in [0.3, 0.4) is 0 Å². The Morgan fingerprint density at radius 3 is 1.70 bits per heavy atom. The van der Waals surface area contributed by atoms with Crippen LogP contribution in [-0.4, -0.2) is 72.9 Å². The van der Waals surface area contributed by atoms with Gasteiger partial charge in [0.15, 0.2) is 5.25 Å². The van der Waals surface area contributed by atoms with Crippen molar-refractivity contribution in [3.05, 3.63) is 0 Å². The normalized spacial score (nSPS) is 14.6. The van der Waals surface area contributed by atoms with Crippen LogP contribution in [0.15, 0.2) is 0 Å². The maximum Gasteiger partial charge on any atom is 0.327 e. The van der Waals surface area contributed by atoms with Crippen molar-refractivity contribution in [2.45, 2.75) is 77.9 Å². The molecular weight excluding hydrogens is 383 g/mol. The van der Waals surface area contributed by atoms with Gasteiger partial charge in [-0.2, -0.15) is 8.42 Å². The van der Waals surface area contributed by atoms with Crippen LogP contribution in [-0.2, 0) is 29.2 Å². The number of hydrogen-bond acceptors (Lipinski definition) is 6. The van der Waals surface area contributed by atoms with E-state index in [-0.39, 0.29) is 54.6 Å². The smallest absolute Gasteiger partial charge is 0.327 e. The third kappa shape index (κ3) is 12.8. The van der Waals surface area contributed by atoms with E-state index in [1.54, 1.807) is 0 Å². The van der Waals surface area contributed by atoms with Crippen molar-refractivity contribution in [3.8, 4) is 0 Å². The Morgan fingerprint density at radius 1 is 0.889 bits per heavy atom. The summed E-state index contributed by atoms with van der Waals surface area (Å²) in [6.07, 6.45) is 4.48. The summed E-state index contributed by atoms with van der Waals surface area (Å²) in [4.78, 5) is 24.0. The second kappa shape index (κ2) is 15.7. The van der Waals surface area contributed by atoms with Gasteiger partial charge in [-0.1, -0.05) is 53.4 Å². The van der Waals surface area contributed by atoms with E-state index in [1.807, 2.05) is 27.7 Å². The van der Waals surface area contributed by atoms with Crippen LogP contribution in [0.5, 0.6) is 0 Å². The SMILES string of the molecule is CCCC(CC)COC(=O)CC(C(=O)OCC(CC)CCC)S(=O)(=O)O.[Na]. The number of hydrogen-bond donors (Lipinski definition) is 1. The molecule has 0 spiro atoms. The molecule has 0 saturated carbocycles. The first-order valence-corrected chi connectivity index (χ1v) is 11.0. The summed E-state index contributed by atoms with van der Waals surface area (Å²) in [5.41, 5.74) is 0. The quantitative estimate of drug-likeness (QED) is 0.263. The molecule has 0 aliphatic carbocycles. The molecule has 9 heteroatoms. The van der Waals surface area contributed by atoms with Gasteiger partial charge in [0.2, 0.25) is 0 Å². The van der Waals surface area contributed by atoms with Crippen molar-refractivity contribution in [1.29, 1.82) is 0 Å². The predicted molar refractivity (Wildman–Crippen MR) is 105 cm³/mol. The standard InChI is InChI=1S/C18H34O7S.Na/c1-5-9-14(7-3)12-24-17(19)11-16(26(21,22)23)18(20)25-13-15(8-4)10-6-2;/h14-16H,5-13H2,1-4H3,(H,21,22,23);. The molecule has 0 bridgehead atoms. The monoisotopic (exact) mass is 417 g/mol. The van der Waals surface area contributed by atoms with E-state index in [9.17, 15) is 22.6 Å². The van der Waals surface area contributed by atoms with Crippen LogP contribution in [0.2, 0.25) is 0 Å². The van der Waals surface area contributed by atoms with Crippen LogP contribution in [0.25, 0.3) is 0 Å². The predicted octanol–water partition coefficient (Wildman–Crippen LogP) is 2.99. The number of carbonyl (C=O) groups excluding carboxylic acids is 2. The molecule has 0 amide bonds. The van der Waals surface area contributed by atoms with E-state index in [2.05, 4.69) is 0 Å². The van der Waals surface area contributed by atoms with Crippen molar-refractivity contribution >= 4 is 51.6 Å². The first-order chi connectivity index (χ1) is 12.2. The summed E-state index contributed by atoms with van der Waals surface area (Å²) in [6.45, 7) is 8.20. The Labute approximate surface area is 186 Å². The van der Waals surface area contributed by atoms with Crippen LogP contribution >= 0.6 is 0 Å². The number of esters is 2. The summed E-state index contributed by atoms with van der Waals surface area (Å²) in [5.74, 6) is -1.63. The third-order valence-electron chi connectivity index (χ3n) is 4.46. The molecule has 0 aromatic carbocycles. The molecule has 0 aromatic heterocycles. The average molecular weight is 418 g/mol. The fourth-order valence-corrected chi connectivity index (χ4v) is 3.31. The van der Waals surface area contributed by atoms with Gasteiger partial charge >= 0.3 is 11.9 Å². The van der Waals surface area contributed by atoms with Crippen LogP contribution in [0, 0.1) is 11.8 Å². The molecule has 0 saturated heterocycles. The second-order valence-corrected chi connectivity index (χ2v) is 8.25. The zero-order valence-electron chi connectivity index (χ0n) is 17.4. The van der Waals surface area contributed by atoms with Crippen LogP contribution in [0.1, 0.15) is 72.6 Å². The summed E-state index contributed by atoms with van der Waals surface area (Å²) >= 11 is 0. The second-order valence-electron chi connectivity index (χ2n) is 6.65. The Morgan fingerprint density at radius 2 is 1.33 bits per heavy atom. The molecule has 27 heavy (non-hydrogen) atoms. The van der Waals surface area contributed by atoms with Gasteiger partial charge in [-0.05, 0) is 24.7 Å². The minimum Gasteiger partial charge on any atom is -0.465 e. The molecule has 3 unspecified atom stereocenters. The molecule has 1 N–H and O–H groups in total. The Bertz CT molecular complexity index is 522. The van der Waals surface area contributed by atoms with Crippen LogP contribution < -0.4 is 0 Å². The van der Waals surface area contributed by atoms with Gasteiger partial charge in [-0.15, -0.1) is 0 Å². The minimum atomic E-state index is -4.76. The maximum absolute atomic E-state index is 12.1. The van der Waals surface area contributed by atoms with Crippen molar-refractivity contribution < 1.29 is 32.0 Å². The van der Waals surface area contributed by atoms with E-state index in [4.69, 9.17) is 9.47 Å². The Kier molecular flexibility index (Phi) is 16.9. The molecule has 0 aliphatic rings. The molecule has 0 aromatic rings. The molecule has 155 valence electrons. The molecule has 0 rings (SSSR count). The van der Waals surface area contributed by atoms with Crippen molar-refractivity contribution in [3.63, 3.8) is 0 Å². The van der Waals surface area contributed by atoms with E-state index in [1.165, 1.54) is 0 Å². The number of carbonyl (C=O) groups is 2. The van der Waals surface area contributed by atoms with Gasteiger partial charge in [-0.25, -0.2) is 0 Å². The van der Waals surface area contributed by atoms with E-state index in [0.717, 1.165) is 38.5 Å². The van der Waals surface area contributed by atoms with E-state index < -0.39 is 33.7 Å². The van der Waals surface area contributed by atoms with Crippen molar-refractivity contribution in [2.24, 2.45) is 11.8 Å². The Hall–Kier alpha value is -0.150. The van der Waals surface area contributed by atoms with E-state index >= 15 is 0 Å². The zero-order chi connectivity index (χ0) is 20.2. The van der Waals surface area contributed by atoms with Crippen molar-refractivity contribution in [2.75, 3.05) is 13.2 Å². The first kappa shape index (κ1) is 29.1. The summed E-state index contributed by atoms with van der Waals surface area (Å²) in [7, 11) is -4.76. The van der Waals surface area contributed by atoms with Gasteiger partial charge in [0.25, 0.3) is 10.1 Å². The molecule has 0 fully saturated rings. The van der Waals surface area contributed by atoms with Gasteiger partial charge in [0.1, 0.15) is 0 Å². The number of rotatable bonds is 14. The molecular formula is C18H34NaO7S. The fourth-order valence-electron chi connectivity index (χ4n) is 2.65. The van der Waals surface area contributed by atoms with Gasteiger partial charge in [0.05, 0.1) is 19.6 Å². The largest absolute Gasteiger partial charge is 0.465 e. The zero-order valence-corrected chi connectivity index (χ0v) is 20.2. The molecule has 1 radical (unpaired) electrons. The Balaban J connectivity index is 0. The summed E-state index contributed by atoms with van der Waals surface area (Å²) < 4.78 is 42.4. The fraction of sp³-hybridized carbons (Fsp3) is 0.889. The molecule has 0 heterocycles. The third-order valence-corrected chi connectivity index (χ3v) is 5.54. The average Bonchev–Trinajstić information content (AvgIpc) is 2.58. The summed E-state index contributed by atoms with van der Waals surface area (Å²) in [5, 5.41) is -1.94. The van der Waals surface area contributed by atoms with Crippen molar-refractivity contribution in [1.82, 2.24) is 0 Å². The van der Waals surface area contributed by atoms with Crippen LogP contribution in [0.4, 0.5) is 0 Å². The number of ether oxygens (including phenoxy) is 2. The van der Waals surface area contributed by atoms with Gasteiger partial charge < -0.3 is 9.47 Å². The maximum atomic E-state index is 12.1. The molecule has 0 aliphatic heterocycles. The minimum absolute atomic E-state index is 0. The van der Waals surface area contributed by atoms with Gasteiger partial charge in [-0.3, -0.25) is 14.1 Å². The topological polar surface area (TPSA) is 107 Å². The van der Waals surface area contributed by atoms with E-state index in [0.29, 0.717) is 0 Å². The molecule has 7 nitrogen and oxygen atoms in total.